The van der Waals surface area contributed by atoms with E-state index in [0.717, 1.165) is 12.0 Å². The lowest BCUT2D eigenvalue weighted by molar-refractivity contribution is 0.112. The van der Waals surface area contributed by atoms with Gasteiger partial charge in [0.25, 0.3) is 0 Å². The minimum absolute atomic E-state index is 0.282. The largest absolute Gasteiger partial charge is 0.497 e. The molecule has 0 aromatic heterocycles. The third-order valence-corrected chi connectivity index (χ3v) is 3.26. The van der Waals surface area contributed by atoms with E-state index in [1.54, 1.807) is 25.3 Å². The summed E-state index contributed by atoms with van der Waals surface area (Å²) in [5, 5.41) is 0. The van der Waals surface area contributed by atoms with Gasteiger partial charge >= 0.3 is 0 Å². The highest BCUT2D eigenvalue weighted by atomic mass is 16.6. The third kappa shape index (κ3) is 4.32. The molecular weight excluding hydrogens is 312 g/mol. The van der Waals surface area contributed by atoms with E-state index in [0.29, 0.717) is 35.2 Å². The molecule has 24 heavy (non-hydrogen) atoms. The first-order valence-corrected chi connectivity index (χ1v) is 7.32. The first kappa shape index (κ1) is 17.5. The number of methoxy groups -OCH3 is 3. The molecule has 0 aliphatic heterocycles. The molecule has 2 aromatic rings. The minimum Gasteiger partial charge on any atom is -0.497 e. The quantitative estimate of drug-likeness (QED) is 0.520. The highest BCUT2D eigenvalue weighted by molar-refractivity contribution is 5.78. The molecule has 0 fully saturated rings. The minimum atomic E-state index is 0.282. The second kappa shape index (κ2) is 8.67. The second-order valence-corrected chi connectivity index (χ2v) is 4.75. The van der Waals surface area contributed by atoms with E-state index < -0.39 is 0 Å². The van der Waals surface area contributed by atoms with Gasteiger partial charge in [-0.15, -0.1) is 0 Å². The maximum Gasteiger partial charge on any atom is 0.203 e. The molecule has 0 aliphatic rings. The predicted molar refractivity (Wildman–Crippen MR) is 88.9 cm³/mol. The highest BCUT2D eigenvalue weighted by Crippen LogP contribution is 2.38. The summed E-state index contributed by atoms with van der Waals surface area (Å²) in [7, 11) is 4.61. The predicted octanol–water partition coefficient (Wildman–Crippen LogP) is 2.98. The summed E-state index contributed by atoms with van der Waals surface area (Å²) < 4.78 is 27.0. The Bertz CT molecular complexity index is 658. The zero-order chi connectivity index (χ0) is 17.4. The van der Waals surface area contributed by atoms with Gasteiger partial charge in [0, 0.05) is 11.6 Å². The average molecular weight is 332 g/mol. The van der Waals surface area contributed by atoms with Crippen LogP contribution in [0.1, 0.15) is 10.4 Å². The Balaban J connectivity index is 1.99. The van der Waals surface area contributed by atoms with Crippen LogP contribution in [0.15, 0.2) is 36.4 Å². The van der Waals surface area contributed by atoms with Crippen LogP contribution >= 0.6 is 0 Å². The van der Waals surface area contributed by atoms with Crippen molar-refractivity contribution in [2.75, 3.05) is 34.5 Å². The molecule has 0 aliphatic carbocycles. The van der Waals surface area contributed by atoms with Crippen LogP contribution in [0.2, 0.25) is 0 Å². The van der Waals surface area contributed by atoms with Gasteiger partial charge in [-0.05, 0) is 24.3 Å². The highest BCUT2D eigenvalue weighted by Gasteiger charge is 2.14. The number of carbonyl (C=O) groups excluding carboxylic acids is 1. The van der Waals surface area contributed by atoms with Gasteiger partial charge in [0.15, 0.2) is 11.5 Å². The Morgan fingerprint density at radius 2 is 1.46 bits per heavy atom. The summed E-state index contributed by atoms with van der Waals surface area (Å²) in [6, 6.07) is 10.5. The fraction of sp³-hybridized carbons (Fsp3) is 0.278. The Hall–Kier alpha value is -2.89. The summed E-state index contributed by atoms with van der Waals surface area (Å²) in [6.45, 7) is 0.610. The van der Waals surface area contributed by atoms with Crippen LogP contribution in [-0.2, 0) is 0 Å². The molecule has 0 N–H and O–H groups in total. The van der Waals surface area contributed by atoms with Gasteiger partial charge in [0.2, 0.25) is 5.75 Å². The number of hydrogen-bond acceptors (Lipinski definition) is 6. The van der Waals surface area contributed by atoms with Gasteiger partial charge in [-0.2, -0.15) is 0 Å². The van der Waals surface area contributed by atoms with Crippen molar-refractivity contribution >= 4 is 6.29 Å². The molecule has 0 radical (unpaired) electrons. The summed E-state index contributed by atoms with van der Waals surface area (Å²) >= 11 is 0. The fourth-order valence-corrected chi connectivity index (χ4v) is 2.10. The van der Waals surface area contributed by atoms with Crippen molar-refractivity contribution in [2.24, 2.45) is 0 Å². The normalized spacial score (nSPS) is 9.96. The standard InChI is InChI=1S/C18H20O6/c1-20-14-5-4-6-15(11-14)23-7-8-24-18-16(21-2)9-13(12-19)10-17(18)22-3/h4-6,9-12H,7-8H2,1-3H3. The van der Waals surface area contributed by atoms with Crippen LogP contribution < -0.4 is 23.7 Å². The van der Waals surface area contributed by atoms with E-state index in [4.69, 9.17) is 23.7 Å². The third-order valence-electron chi connectivity index (χ3n) is 3.26. The van der Waals surface area contributed by atoms with Crippen molar-refractivity contribution < 1.29 is 28.5 Å². The Kier molecular flexibility index (Phi) is 6.31. The zero-order valence-corrected chi connectivity index (χ0v) is 13.9. The Morgan fingerprint density at radius 3 is 2.04 bits per heavy atom. The van der Waals surface area contributed by atoms with Crippen molar-refractivity contribution in [3.63, 3.8) is 0 Å². The van der Waals surface area contributed by atoms with Gasteiger partial charge in [-0.1, -0.05) is 6.07 Å². The fourth-order valence-electron chi connectivity index (χ4n) is 2.10. The molecule has 2 rings (SSSR count). The summed E-state index contributed by atoms with van der Waals surface area (Å²) in [5.41, 5.74) is 0.448. The van der Waals surface area contributed by atoms with E-state index in [2.05, 4.69) is 0 Å². The van der Waals surface area contributed by atoms with Crippen molar-refractivity contribution in [3.8, 4) is 28.7 Å². The molecule has 6 nitrogen and oxygen atoms in total. The number of rotatable bonds is 9. The van der Waals surface area contributed by atoms with Crippen LogP contribution in [0.4, 0.5) is 0 Å². The van der Waals surface area contributed by atoms with Gasteiger partial charge in [0.05, 0.1) is 21.3 Å². The van der Waals surface area contributed by atoms with E-state index >= 15 is 0 Å². The van der Waals surface area contributed by atoms with Crippen molar-refractivity contribution in [1.82, 2.24) is 0 Å². The summed E-state index contributed by atoms with van der Waals surface area (Å²) in [6.07, 6.45) is 0.723. The molecule has 128 valence electrons. The lowest BCUT2D eigenvalue weighted by Crippen LogP contribution is -2.10. The lowest BCUT2D eigenvalue weighted by atomic mass is 10.2. The zero-order valence-electron chi connectivity index (χ0n) is 13.9. The molecule has 0 unspecified atom stereocenters. The molecule has 0 amide bonds. The first-order valence-electron chi connectivity index (χ1n) is 7.32. The molecule has 0 saturated heterocycles. The van der Waals surface area contributed by atoms with E-state index in [1.807, 2.05) is 18.2 Å². The van der Waals surface area contributed by atoms with E-state index in [9.17, 15) is 4.79 Å². The van der Waals surface area contributed by atoms with Crippen molar-refractivity contribution in [2.45, 2.75) is 0 Å². The molecule has 2 aromatic carbocycles. The van der Waals surface area contributed by atoms with Crippen LogP contribution in [0.5, 0.6) is 28.7 Å². The second-order valence-electron chi connectivity index (χ2n) is 4.75. The Morgan fingerprint density at radius 1 is 0.833 bits per heavy atom. The number of carbonyl (C=O) groups is 1. The smallest absolute Gasteiger partial charge is 0.203 e. The number of ether oxygens (including phenoxy) is 5. The molecule has 0 saturated carbocycles. The van der Waals surface area contributed by atoms with E-state index in [-0.39, 0.29) is 6.61 Å². The number of hydrogen-bond donors (Lipinski definition) is 0. The lowest BCUT2D eigenvalue weighted by Gasteiger charge is -2.15. The van der Waals surface area contributed by atoms with Crippen molar-refractivity contribution in [1.29, 1.82) is 0 Å². The SMILES string of the molecule is COc1cccc(OCCOc2c(OC)cc(C=O)cc2OC)c1. The van der Waals surface area contributed by atoms with Gasteiger partial charge < -0.3 is 23.7 Å². The maximum atomic E-state index is 10.9. The van der Waals surface area contributed by atoms with Crippen molar-refractivity contribution in [3.05, 3.63) is 42.0 Å². The molecule has 0 spiro atoms. The topological polar surface area (TPSA) is 63.2 Å². The van der Waals surface area contributed by atoms with Crippen LogP contribution in [0.3, 0.4) is 0 Å². The molecule has 0 heterocycles. The monoisotopic (exact) mass is 332 g/mol. The average Bonchev–Trinajstić information content (AvgIpc) is 2.64. The van der Waals surface area contributed by atoms with Gasteiger partial charge in [-0.3, -0.25) is 4.79 Å². The number of aldehydes is 1. The van der Waals surface area contributed by atoms with Crippen LogP contribution in [0.25, 0.3) is 0 Å². The first-order chi connectivity index (χ1) is 11.7. The van der Waals surface area contributed by atoms with Crippen LogP contribution in [-0.4, -0.2) is 40.8 Å². The van der Waals surface area contributed by atoms with Crippen LogP contribution in [0, 0.1) is 0 Å². The molecular formula is C18H20O6. The molecule has 0 bridgehead atoms. The summed E-state index contributed by atoms with van der Waals surface area (Å²) in [4.78, 5) is 10.9. The maximum absolute atomic E-state index is 10.9. The number of benzene rings is 2. The molecule has 0 atom stereocenters. The van der Waals surface area contributed by atoms with E-state index in [1.165, 1.54) is 14.2 Å². The molecule has 6 heteroatoms. The van der Waals surface area contributed by atoms with Gasteiger partial charge in [-0.25, -0.2) is 0 Å². The van der Waals surface area contributed by atoms with Gasteiger partial charge in [0.1, 0.15) is 31.0 Å². The summed E-state index contributed by atoms with van der Waals surface area (Å²) in [5.74, 6) is 2.70. The Labute approximate surface area is 140 Å².